The van der Waals surface area contributed by atoms with Crippen LogP contribution in [0.4, 0.5) is 5.69 Å². The van der Waals surface area contributed by atoms with Crippen LogP contribution in [-0.4, -0.2) is 25.6 Å². The largest absolute Gasteiger partial charge is 0.482 e. The maximum Gasteiger partial charge on any atom is 0.343 e. The Kier molecular flexibility index (Phi) is 6.32. The normalized spacial score (nSPS) is 13.1. The first kappa shape index (κ1) is 19.5. The van der Waals surface area contributed by atoms with Gasteiger partial charge in [0.05, 0.1) is 13.0 Å². The molecule has 3 rings (SSSR count). The first-order chi connectivity index (χ1) is 13.6. The summed E-state index contributed by atoms with van der Waals surface area (Å²) in [4.78, 5) is 24.0. The second-order valence-corrected chi connectivity index (χ2v) is 6.51. The molecule has 0 saturated heterocycles. The molecule has 2 aromatic rings. The van der Waals surface area contributed by atoms with Crippen LogP contribution in [0.1, 0.15) is 36.0 Å². The first-order valence-electron chi connectivity index (χ1n) is 9.24. The van der Waals surface area contributed by atoms with Crippen molar-refractivity contribution in [2.45, 2.75) is 25.8 Å². The summed E-state index contributed by atoms with van der Waals surface area (Å²) in [6.07, 6.45) is 4.58. The Balaban J connectivity index is 1.66. The van der Waals surface area contributed by atoms with Crippen molar-refractivity contribution >= 4 is 23.6 Å². The summed E-state index contributed by atoms with van der Waals surface area (Å²) in [6.45, 7) is 2.63. The SMILES string of the molecule is CCC(C(=O)Nc1ccc2c(c1)C=CNC2)c1ccc(OCC(=O)OC)cc1. The lowest BCUT2D eigenvalue weighted by atomic mass is 9.95. The van der Waals surface area contributed by atoms with Crippen molar-refractivity contribution in [3.63, 3.8) is 0 Å². The van der Waals surface area contributed by atoms with Gasteiger partial charge in [-0.05, 0) is 59.7 Å². The van der Waals surface area contributed by atoms with Gasteiger partial charge in [-0.2, -0.15) is 0 Å². The molecule has 1 aliphatic rings. The quantitative estimate of drug-likeness (QED) is 0.720. The van der Waals surface area contributed by atoms with Crippen LogP contribution >= 0.6 is 0 Å². The Morgan fingerprint density at radius 1 is 1.18 bits per heavy atom. The fraction of sp³-hybridized carbons (Fsp3) is 0.273. The Labute approximate surface area is 164 Å². The van der Waals surface area contributed by atoms with Gasteiger partial charge in [0.25, 0.3) is 0 Å². The summed E-state index contributed by atoms with van der Waals surface area (Å²) in [5.74, 6) is -0.212. The van der Waals surface area contributed by atoms with E-state index in [0.717, 1.165) is 23.4 Å². The standard InChI is InChI=1S/C22H24N2O4/c1-3-20(15-5-8-19(9-6-15)28-14-21(25)27-2)22(26)24-18-7-4-17-13-23-11-10-16(17)12-18/h4-12,20,23H,3,13-14H2,1-2H3,(H,24,26). The Bertz CT molecular complexity index is 875. The number of rotatable bonds is 7. The lowest BCUT2D eigenvalue weighted by Crippen LogP contribution is -2.21. The molecule has 0 fully saturated rings. The van der Waals surface area contributed by atoms with Crippen LogP contribution < -0.4 is 15.4 Å². The molecule has 1 heterocycles. The molecule has 0 saturated carbocycles. The number of nitrogens with one attached hydrogen (secondary N) is 2. The number of ether oxygens (including phenoxy) is 2. The summed E-state index contributed by atoms with van der Waals surface area (Å²) < 4.78 is 9.90. The van der Waals surface area contributed by atoms with E-state index in [2.05, 4.69) is 15.4 Å². The molecule has 0 spiro atoms. The highest BCUT2D eigenvalue weighted by Gasteiger charge is 2.19. The summed E-state index contributed by atoms with van der Waals surface area (Å²) in [5.41, 5.74) is 3.99. The monoisotopic (exact) mass is 380 g/mol. The van der Waals surface area contributed by atoms with Gasteiger partial charge < -0.3 is 20.1 Å². The molecule has 1 aliphatic heterocycles. The van der Waals surface area contributed by atoms with Gasteiger partial charge in [0.15, 0.2) is 6.61 Å². The van der Waals surface area contributed by atoms with Crippen LogP contribution in [-0.2, 0) is 20.9 Å². The van der Waals surface area contributed by atoms with Crippen molar-refractivity contribution < 1.29 is 19.1 Å². The molecule has 28 heavy (non-hydrogen) atoms. The highest BCUT2D eigenvalue weighted by atomic mass is 16.6. The molecule has 0 bridgehead atoms. The number of methoxy groups -OCH3 is 1. The molecule has 2 N–H and O–H groups in total. The van der Waals surface area contributed by atoms with Crippen LogP contribution in [0, 0.1) is 0 Å². The van der Waals surface area contributed by atoms with Crippen LogP contribution in [0.2, 0.25) is 0 Å². The predicted octanol–water partition coefficient (Wildman–Crippen LogP) is 3.44. The molecular formula is C22H24N2O4. The highest BCUT2D eigenvalue weighted by molar-refractivity contribution is 5.96. The molecule has 1 atom stereocenters. The van der Waals surface area contributed by atoms with Crippen molar-refractivity contribution in [3.8, 4) is 5.75 Å². The minimum Gasteiger partial charge on any atom is -0.482 e. The summed E-state index contributed by atoms with van der Waals surface area (Å²) in [6, 6.07) is 13.1. The lowest BCUT2D eigenvalue weighted by molar-refractivity contribution is -0.142. The third-order valence-corrected chi connectivity index (χ3v) is 4.68. The van der Waals surface area contributed by atoms with Gasteiger partial charge in [0.1, 0.15) is 5.75 Å². The van der Waals surface area contributed by atoms with Gasteiger partial charge in [-0.25, -0.2) is 4.79 Å². The third-order valence-electron chi connectivity index (χ3n) is 4.68. The summed E-state index contributed by atoms with van der Waals surface area (Å²) in [5, 5.41) is 6.19. The second-order valence-electron chi connectivity index (χ2n) is 6.51. The van der Waals surface area contributed by atoms with E-state index in [1.54, 1.807) is 12.1 Å². The molecule has 6 nitrogen and oxygen atoms in total. The average Bonchev–Trinajstić information content (AvgIpc) is 2.73. The number of carbonyl (C=O) groups excluding carboxylic acids is 2. The minimum atomic E-state index is -0.439. The lowest BCUT2D eigenvalue weighted by Gasteiger charge is -2.18. The number of amides is 1. The molecule has 1 unspecified atom stereocenters. The van der Waals surface area contributed by atoms with Gasteiger partial charge in [0.2, 0.25) is 5.91 Å². The van der Waals surface area contributed by atoms with Gasteiger partial charge in [0, 0.05) is 12.2 Å². The van der Waals surface area contributed by atoms with E-state index in [0.29, 0.717) is 12.2 Å². The van der Waals surface area contributed by atoms with Gasteiger partial charge >= 0.3 is 5.97 Å². The summed E-state index contributed by atoms with van der Waals surface area (Å²) in [7, 11) is 1.31. The molecule has 146 valence electrons. The number of fused-ring (bicyclic) bond motifs is 1. The smallest absolute Gasteiger partial charge is 0.343 e. The fourth-order valence-corrected chi connectivity index (χ4v) is 3.11. The average molecular weight is 380 g/mol. The number of esters is 1. The van der Waals surface area contributed by atoms with E-state index in [4.69, 9.17) is 4.74 Å². The number of anilines is 1. The van der Waals surface area contributed by atoms with E-state index in [1.165, 1.54) is 12.7 Å². The Morgan fingerprint density at radius 3 is 2.68 bits per heavy atom. The Hall–Kier alpha value is -3.28. The molecule has 0 aromatic heterocycles. The topological polar surface area (TPSA) is 76.7 Å². The molecule has 6 heteroatoms. The molecule has 2 aromatic carbocycles. The number of carbonyl (C=O) groups is 2. The van der Waals surface area contributed by atoms with Gasteiger partial charge in [-0.3, -0.25) is 4.79 Å². The second kappa shape index (κ2) is 9.08. The minimum absolute atomic E-state index is 0.0522. The van der Waals surface area contributed by atoms with Crippen LogP contribution in [0.25, 0.3) is 6.08 Å². The Morgan fingerprint density at radius 2 is 1.96 bits per heavy atom. The maximum atomic E-state index is 12.8. The van der Waals surface area contributed by atoms with E-state index in [1.807, 2.05) is 49.5 Å². The number of benzene rings is 2. The number of hydrogen-bond acceptors (Lipinski definition) is 5. The summed E-state index contributed by atoms with van der Waals surface area (Å²) >= 11 is 0. The zero-order chi connectivity index (χ0) is 19.9. The predicted molar refractivity (Wildman–Crippen MR) is 108 cm³/mol. The number of hydrogen-bond donors (Lipinski definition) is 2. The van der Waals surface area contributed by atoms with E-state index in [9.17, 15) is 9.59 Å². The maximum absolute atomic E-state index is 12.8. The molecule has 0 aliphatic carbocycles. The van der Waals surface area contributed by atoms with E-state index >= 15 is 0 Å². The molecular weight excluding hydrogens is 356 g/mol. The zero-order valence-electron chi connectivity index (χ0n) is 16.0. The van der Waals surface area contributed by atoms with Gasteiger partial charge in [-0.1, -0.05) is 25.1 Å². The van der Waals surface area contributed by atoms with Crippen LogP contribution in [0.15, 0.2) is 48.7 Å². The van der Waals surface area contributed by atoms with Crippen molar-refractivity contribution in [2.24, 2.45) is 0 Å². The van der Waals surface area contributed by atoms with Crippen molar-refractivity contribution in [3.05, 3.63) is 65.4 Å². The molecule has 0 radical (unpaired) electrons. The fourth-order valence-electron chi connectivity index (χ4n) is 3.11. The first-order valence-corrected chi connectivity index (χ1v) is 9.24. The van der Waals surface area contributed by atoms with Crippen molar-refractivity contribution in [1.29, 1.82) is 0 Å². The van der Waals surface area contributed by atoms with E-state index in [-0.39, 0.29) is 18.4 Å². The van der Waals surface area contributed by atoms with Crippen LogP contribution in [0.3, 0.4) is 0 Å². The third kappa shape index (κ3) is 4.71. The van der Waals surface area contributed by atoms with Crippen LogP contribution in [0.5, 0.6) is 5.75 Å². The van der Waals surface area contributed by atoms with E-state index < -0.39 is 5.97 Å². The highest BCUT2D eigenvalue weighted by Crippen LogP contribution is 2.25. The molecule has 1 amide bonds. The van der Waals surface area contributed by atoms with Gasteiger partial charge in [-0.15, -0.1) is 0 Å². The van der Waals surface area contributed by atoms with Crippen molar-refractivity contribution in [2.75, 3.05) is 19.0 Å². The zero-order valence-corrected chi connectivity index (χ0v) is 16.0. The van der Waals surface area contributed by atoms with Crippen molar-refractivity contribution in [1.82, 2.24) is 5.32 Å².